The lowest BCUT2D eigenvalue weighted by Crippen LogP contribution is -2.43. The summed E-state index contributed by atoms with van der Waals surface area (Å²) >= 11 is 0. The Morgan fingerprint density at radius 1 is 1.20 bits per heavy atom. The van der Waals surface area contributed by atoms with Gasteiger partial charge >= 0.3 is 0 Å². The van der Waals surface area contributed by atoms with E-state index in [4.69, 9.17) is 5.73 Å². The second-order valence-corrected chi connectivity index (χ2v) is 4.31. The molecule has 0 aromatic carbocycles. The monoisotopic (exact) mass is 145 g/mol. The highest BCUT2D eigenvalue weighted by Crippen LogP contribution is 2.04. The van der Waals surface area contributed by atoms with Crippen molar-refractivity contribution in [1.29, 1.82) is 0 Å². The maximum Gasteiger partial charge on any atom is 0.0821 e. The molecule has 0 fully saturated rings. The first-order valence-electron chi connectivity index (χ1n) is 3.89. The fourth-order valence-electron chi connectivity index (χ4n) is 1.03. The average molecular weight is 145 g/mol. The van der Waals surface area contributed by atoms with E-state index >= 15 is 0 Å². The minimum atomic E-state index is 0.317. The first-order chi connectivity index (χ1) is 4.33. The molecule has 2 unspecified atom stereocenters. The molecule has 0 rings (SSSR count). The fraction of sp³-hybridized carbons (Fsp3) is 1.00. The summed E-state index contributed by atoms with van der Waals surface area (Å²) in [6, 6.07) is 0.317. The molecule has 0 bridgehead atoms. The van der Waals surface area contributed by atoms with E-state index < -0.39 is 0 Å². The molecule has 0 aromatic heterocycles. The zero-order valence-corrected chi connectivity index (χ0v) is 7.89. The normalized spacial score (nSPS) is 18.6. The molecule has 0 aromatic rings. The summed E-state index contributed by atoms with van der Waals surface area (Å²) < 4.78 is 1.00. The number of nitrogens with zero attached hydrogens (tertiary/aromatic N) is 1. The summed E-state index contributed by atoms with van der Waals surface area (Å²) in [5, 5.41) is 0. The standard InChI is InChI=1S/C8H21N2/c1-7(8(2)9)6-10(3,4)5/h7-8H,6,9H2,1-5H3/q+1. The molecule has 10 heavy (non-hydrogen) atoms. The molecule has 2 N–H and O–H groups in total. The van der Waals surface area contributed by atoms with Gasteiger partial charge in [-0.15, -0.1) is 0 Å². The van der Waals surface area contributed by atoms with E-state index in [2.05, 4.69) is 35.0 Å². The van der Waals surface area contributed by atoms with Crippen LogP contribution in [0.1, 0.15) is 13.8 Å². The molecule has 0 aliphatic heterocycles. The predicted molar refractivity (Wildman–Crippen MR) is 45.7 cm³/mol. The van der Waals surface area contributed by atoms with Crippen LogP contribution in [0.5, 0.6) is 0 Å². The molecule has 62 valence electrons. The maximum atomic E-state index is 5.73. The molecule has 2 nitrogen and oxygen atoms in total. The van der Waals surface area contributed by atoms with Gasteiger partial charge in [-0.3, -0.25) is 0 Å². The molecule has 2 atom stereocenters. The Bertz CT molecular complexity index is 91.9. The third-order valence-corrected chi connectivity index (χ3v) is 1.73. The smallest absolute Gasteiger partial charge is 0.0821 e. The van der Waals surface area contributed by atoms with Crippen molar-refractivity contribution in [2.24, 2.45) is 11.7 Å². The van der Waals surface area contributed by atoms with Crippen LogP contribution in [0.3, 0.4) is 0 Å². The zero-order valence-electron chi connectivity index (χ0n) is 7.89. The number of hydrogen-bond acceptors (Lipinski definition) is 1. The minimum absolute atomic E-state index is 0.317. The summed E-state index contributed by atoms with van der Waals surface area (Å²) in [7, 11) is 6.58. The first-order valence-corrected chi connectivity index (χ1v) is 3.89. The van der Waals surface area contributed by atoms with E-state index in [0.29, 0.717) is 12.0 Å². The van der Waals surface area contributed by atoms with E-state index in [1.165, 1.54) is 0 Å². The van der Waals surface area contributed by atoms with Gasteiger partial charge in [-0.05, 0) is 6.92 Å². The van der Waals surface area contributed by atoms with Crippen LogP contribution in [-0.2, 0) is 0 Å². The third kappa shape index (κ3) is 4.77. The lowest BCUT2D eigenvalue weighted by atomic mass is 10.0. The summed E-state index contributed by atoms with van der Waals surface area (Å²) in [5.74, 6) is 0.611. The van der Waals surface area contributed by atoms with E-state index in [1.807, 2.05) is 0 Å². The second kappa shape index (κ2) is 3.35. The van der Waals surface area contributed by atoms with Gasteiger partial charge < -0.3 is 10.2 Å². The zero-order chi connectivity index (χ0) is 8.36. The Morgan fingerprint density at radius 2 is 1.60 bits per heavy atom. The first kappa shape index (κ1) is 9.92. The van der Waals surface area contributed by atoms with Gasteiger partial charge in [0.05, 0.1) is 27.7 Å². The van der Waals surface area contributed by atoms with Crippen LogP contribution >= 0.6 is 0 Å². The van der Waals surface area contributed by atoms with Crippen molar-refractivity contribution < 1.29 is 4.48 Å². The Hall–Kier alpha value is -0.0800. The van der Waals surface area contributed by atoms with Gasteiger partial charge in [0.25, 0.3) is 0 Å². The molecule has 0 saturated heterocycles. The summed E-state index contributed by atoms with van der Waals surface area (Å²) in [4.78, 5) is 0. The van der Waals surface area contributed by atoms with E-state index in [0.717, 1.165) is 11.0 Å². The van der Waals surface area contributed by atoms with Gasteiger partial charge in [-0.2, -0.15) is 0 Å². The van der Waals surface area contributed by atoms with Crippen molar-refractivity contribution in [3.05, 3.63) is 0 Å². The average Bonchev–Trinajstić information content (AvgIpc) is 1.60. The lowest BCUT2D eigenvalue weighted by molar-refractivity contribution is -0.873. The van der Waals surface area contributed by atoms with Gasteiger partial charge in [0.1, 0.15) is 0 Å². The van der Waals surface area contributed by atoms with Crippen molar-refractivity contribution in [3.8, 4) is 0 Å². The molecule has 0 aliphatic rings. The van der Waals surface area contributed by atoms with E-state index in [9.17, 15) is 0 Å². The van der Waals surface area contributed by atoms with Crippen LogP contribution in [0.25, 0.3) is 0 Å². The Morgan fingerprint density at radius 3 is 1.70 bits per heavy atom. The van der Waals surface area contributed by atoms with Crippen LogP contribution in [0.15, 0.2) is 0 Å². The van der Waals surface area contributed by atoms with Gasteiger partial charge in [0.2, 0.25) is 0 Å². The quantitative estimate of drug-likeness (QED) is 0.581. The van der Waals surface area contributed by atoms with E-state index in [1.54, 1.807) is 0 Å². The molecule has 0 heterocycles. The number of nitrogens with two attached hydrogens (primary N) is 1. The number of rotatable bonds is 3. The topological polar surface area (TPSA) is 26.0 Å². The molecule has 0 aliphatic carbocycles. The van der Waals surface area contributed by atoms with Crippen molar-refractivity contribution >= 4 is 0 Å². The molecule has 0 saturated carbocycles. The second-order valence-electron chi connectivity index (χ2n) is 4.31. The third-order valence-electron chi connectivity index (χ3n) is 1.73. The maximum absolute atomic E-state index is 5.73. The molecular formula is C8H21N2+. The Labute approximate surface area is 64.6 Å². The Balaban J connectivity index is 3.68. The lowest BCUT2D eigenvalue weighted by Gasteiger charge is -2.28. The highest BCUT2D eigenvalue weighted by Gasteiger charge is 2.16. The molecule has 0 radical (unpaired) electrons. The summed E-state index contributed by atoms with van der Waals surface area (Å²) in [6.07, 6.45) is 0. The summed E-state index contributed by atoms with van der Waals surface area (Å²) in [6.45, 7) is 5.42. The van der Waals surface area contributed by atoms with Crippen LogP contribution in [0.4, 0.5) is 0 Å². The highest BCUT2D eigenvalue weighted by atomic mass is 15.3. The van der Waals surface area contributed by atoms with Gasteiger partial charge in [-0.25, -0.2) is 0 Å². The summed E-state index contributed by atoms with van der Waals surface area (Å²) in [5.41, 5.74) is 5.73. The predicted octanol–water partition coefficient (Wildman–Crippen LogP) is 0.676. The van der Waals surface area contributed by atoms with Crippen molar-refractivity contribution in [1.82, 2.24) is 0 Å². The molecule has 2 heteroatoms. The van der Waals surface area contributed by atoms with E-state index in [-0.39, 0.29) is 0 Å². The molecule has 0 amide bonds. The Kier molecular flexibility index (Phi) is 3.33. The molecule has 0 spiro atoms. The van der Waals surface area contributed by atoms with Gasteiger partial charge in [-0.1, -0.05) is 6.92 Å². The van der Waals surface area contributed by atoms with Crippen LogP contribution < -0.4 is 5.73 Å². The van der Waals surface area contributed by atoms with Gasteiger partial charge in [0.15, 0.2) is 0 Å². The largest absolute Gasteiger partial charge is 0.331 e. The number of hydrogen-bond donors (Lipinski definition) is 1. The minimum Gasteiger partial charge on any atom is -0.331 e. The highest BCUT2D eigenvalue weighted by molar-refractivity contribution is 4.61. The fourth-order valence-corrected chi connectivity index (χ4v) is 1.03. The van der Waals surface area contributed by atoms with Crippen molar-refractivity contribution in [3.63, 3.8) is 0 Å². The van der Waals surface area contributed by atoms with Crippen LogP contribution in [0, 0.1) is 5.92 Å². The van der Waals surface area contributed by atoms with Crippen molar-refractivity contribution in [2.45, 2.75) is 19.9 Å². The van der Waals surface area contributed by atoms with Crippen LogP contribution in [0.2, 0.25) is 0 Å². The van der Waals surface area contributed by atoms with Crippen LogP contribution in [-0.4, -0.2) is 38.2 Å². The SMILES string of the molecule is CC(N)C(C)C[N+](C)(C)C. The number of quaternary nitrogens is 1. The van der Waals surface area contributed by atoms with Crippen molar-refractivity contribution in [2.75, 3.05) is 27.7 Å². The molecular weight excluding hydrogens is 124 g/mol. The van der Waals surface area contributed by atoms with Gasteiger partial charge in [0, 0.05) is 12.0 Å².